The van der Waals surface area contributed by atoms with Crippen LogP contribution in [-0.2, 0) is 22.7 Å². The van der Waals surface area contributed by atoms with Gasteiger partial charge in [-0.1, -0.05) is 6.42 Å². The topological polar surface area (TPSA) is 67.3 Å². The summed E-state index contributed by atoms with van der Waals surface area (Å²) in [5.41, 5.74) is 1.13. The second-order valence-corrected chi connectivity index (χ2v) is 8.31. The number of ether oxygens (including phenoxy) is 1. The zero-order chi connectivity index (χ0) is 17.9. The fourth-order valence-corrected chi connectivity index (χ4v) is 4.35. The minimum atomic E-state index is 0. The Balaban J connectivity index is 0.00000210. The second kappa shape index (κ2) is 9.30. The first-order valence-electron chi connectivity index (χ1n) is 10.0. The van der Waals surface area contributed by atoms with Gasteiger partial charge < -0.3 is 10.1 Å². The third-order valence-corrected chi connectivity index (χ3v) is 6.15. The average molecular weight is 395 g/mol. The lowest BCUT2D eigenvalue weighted by molar-refractivity contribution is -0.123. The molecule has 1 saturated heterocycles. The van der Waals surface area contributed by atoms with E-state index >= 15 is 0 Å². The summed E-state index contributed by atoms with van der Waals surface area (Å²) >= 11 is 0. The quantitative estimate of drug-likeness (QED) is 0.733. The Labute approximate surface area is 167 Å². The Morgan fingerprint density at radius 1 is 1.22 bits per heavy atom. The van der Waals surface area contributed by atoms with Gasteiger partial charge in [0.15, 0.2) is 5.82 Å². The van der Waals surface area contributed by atoms with Crippen molar-refractivity contribution in [1.29, 1.82) is 0 Å². The van der Waals surface area contributed by atoms with Crippen LogP contribution in [0.15, 0.2) is 12.4 Å². The number of likely N-dealkylation sites (tertiary alicyclic amines) is 1. The molecule has 2 heterocycles. The molecule has 7 heteroatoms. The molecule has 2 aliphatic carbocycles. The van der Waals surface area contributed by atoms with Crippen LogP contribution in [0.5, 0.6) is 0 Å². The number of methoxy groups -OCH3 is 1. The van der Waals surface area contributed by atoms with Gasteiger partial charge in [-0.15, -0.1) is 12.4 Å². The summed E-state index contributed by atoms with van der Waals surface area (Å²) in [6.45, 7) is 3.31. The van der Waals surface area contributed by atoms with Crippen LogP contribution in [0.3, 0.4) is 0 Å². The molecule has 3 fully saturated rings. The number of hydrogen-bond acceptors (Lipinski definition) is 5. The van der Waals surface area contributed by atoms with Crippen molar-refractivity contribution in [2.24, 2.45) is 17.8 Å². The van der Waals surface area contributed by atoms with Crippen LogP contribution in [0, 0.1) is 17.8 Å². The van der Waals surface area contributed by atoms with Gasteiger partial charge in [-0.05, 0) is 43.4 Å². The summed E-state index contributed by atoms with van der Waals surface area (Å²) in [7, 11) is 1.65. The maximum atomic E-state index is 12.4. The van der Waals surface area contributed by atoms with Gasteiger partial charge in [0.1, 0.15) is 6.61 Å². The smallest absolute Gasteiger partial charge is 0.220 e. The van der Waals surface area contributed by atoms with E-state index in [4.69, 9.17) is 4.74 Å². The Morgan fingerprint density at radius 2 is 1.96 bits per heavy atom. The standard InChI is InChI=1S/C20H30N4O2.ClH/c1-26-13-19-21-8-15(9-22-19)10-24-11-17(16-5-6-16)18(12-24)23-20(25)7-14-3-2-4-14;/h8-9,14,16-18H,2-7,10-13H2,1H3,(H,23,25);1H/t17-,18+;/m1./s1. The van der Waals surface area contributed by atoms with E-state index in [0.29, 0.717) is 24.5 Å². The molecule has 1 aromatic heterocycles. The molecule has 2 saturated carbocycles. The third-order valence-electron chi connectivity index (χ3n) is 6.15. The molecule has 6 nitrogen and oxygen atoms in total. The number of hydrogen-bond donors (Lipinski definition) is 1. The number of nitrogens with one attached hydrogen (secondary N) is 1. The average Bonchev–Trinajstić information content (AvgIpc) is 3.36. The molecule has 0 bridgehead atoms. The maximum absolute atomic E-state index is 12.4. The second-order valence-electron chi connectivity index (χ2n) is 8.31. The molecule has 2 atom stereocenters. The van der Waals surface area contributed by atoms with Crippen molar-refractivity contribution in [3.63, 3.8) is 0 Å². The third kappa shape index (κ3) is 5.39. The highest BCUT2D eigenvalue weighted by molar-refractivity contribution is 5.85. The molecule has 1 aliphatic heterocycles. The molecule has 150 valence electrons. The fraction of sp³-hybridized carbons (Fsp3) is 0.750. The van der Waals surface area contributed by atoms with E-state index in [1.54, 1.807) is 7.11 Å². The van der Waals surface area contributed by atoms with Crippen LogP contribution in [0.25, 0.3) is 0 Å². The molecular weight excluding hydrogens is 364 g/mol. The van der Waals surface area contributed by atoms with Crippen molar-refractivity contribution >= 4 is 18.3 Å². The largest absolute Gasteiger partial charge is 0.377 e. The summed E-state index contributed by atoms with van der Waals surface area (Å²) in [5.74, 6) is 3.02. The molecule has 0 spiro atoms. The van der Waals surface area contributed by atoms with Crippen LogP contribution >= 0.6 is 12.4 Å². The van der Waals surface area contributed by atoms with Gasteiger partial charge in [-0.2, -0.15) is 0 Å². The van der Waals surface area contributed by atoms with E-state index in [1.165, 1.54) is 32.1 Å². The lowest BCUT2D eigenvalue weighted by atomic mass is 9.82. The van der Waals surface area contributed by atoms with Gasteiger partial charge in [0, 0.05) is 57.2 Å². The molecular formula is C20H31ClN4O2. The Morgan fingerprint density at radius 3 is 2.56 bits per heavy atom. The minimum Gasteiger partial charge on any atom is -0.377 e. The fourth-order valence-electron chi connectivity index (χ4n) is 4.35. The van der Waals surface area contributed by atoms with Crippen molar-refractivity contribution < 1.29 is 9.53 Å². The van der Waals surface area contributed by atoms with E-state index in [2.05, 4.69) is 20.2 Å². The maximum Gasteiger partial charge on any atom is 0.220 e. The van der Waals surface area contributed by atoms with Crippen molar-refractivity contribution in [2.45, 2.75) is 57.7 Å². The number of halogens is 1. The first kappa shape index (κ1) is 20.5. The van der Waals surface area contributed by atoms with Gasteiger partial charge >= 0.3 is 0 Å². The number of carbonyl (C=O) groups excluding carboxylic acids is 1. The molecule has 1 amide bonds. The van der Waals surface area contributed by atoms with Gasteiger partial charge in [0.25, 0.3) is 0 Å². The SMILES string of the molecule is COCc1ncc(CN2C[C@H](NC(=O)CC3CCC3)[C@@H](C3CC3)C2)cn1.Cl. The van der Waals surface area contributed by atoms with Crippen LogP contribution in [0.2, 0.25) is 0 Å². The highest BCUT2D eigenvalue weighted by atomic mass is 35.5. The van der Waals surface area contributed by atoms with Crippen molar-refractivity contribution in [1.82, 2.24) is 20.2 Å². The minimum absolute atomic E-state index is 0. The summed E-state index contributed by atoms with van der Waals surface area (Å²) < 4.78 is 5.06. The first-order valence-corrected chi connectivity index (χ1v) is 10.0. The summed E-state index contributed by atoms with van der Waals surface area (Å²) in [4.78, 5) is 23.6. The molecule has 4 rings (SSSR count). The van der Waals surface area contributed by atoms with E-state index in [9.17, 15) is 4.79 Å². The highest BCUT2D eigenvalue weighted by Crippen LogP contribution is 2.41. The van der Waals surface area contributed by atoms with E-state index in [-0.39, 0.29) is 18.3 Å². The predicted molar refractivity (Wildman–Crippen MR) is 105 cm³/mol. The summed E-state index contributed by atoms with van der Waals surface area (Å²) in [5, 5.41) is 3.36. The van der Waals surface area contributed by atoms with Crippen molar-refractivity contribution in [3.05, 3.63) is 23.8 Å². The van der Waals surface area contributed by atoms with Gasteiger partial charge in [0.2, 0.25) is 5.91 Å². The first-order chi connectivity index (χ1) is 12.7. The Bertz CT molecular complexity index is 619. The monoisotopic (exact) mass is 394 g/mol. The highest BCUT2D eigenvalue weighted by Gasteiger charge is 2.43. The molecule has 0 radical (unpaired) electrons. The zero-order valence-electron chi connectivity index (χ0n) is 16.1. The van der Waals surface area contributed by atoms with Crippen LogP contribution in [0.1, 0.15) is 49.9 Å². The molecule has 1 N–H and O–H groups in total. The number of rotatable bonds is 8. The number of nitrogens with zero attached hydrogens (tertiary/aromatic N) is 3. The number of aromatic nitrogens is 2. The van der Waals surface area contributed by atoms with E-state index in [0.717, 1.165) is 43.4 Å². The van der Waals surface area contributed by atoms with Crippen LogP contribution in [0.4, 0.5) is 0 Å². The summed E-state index contributed by atoms with van der Waals surface area (Å²) in [6, 6.07) is 0.309. The lowest BCUT2D eigenvalue weighted by Gasteiger charge is -2.26. The van der Waals surface area contributed by atoms with Crippen LogP contribution < -0.4 is 5.32 Å². The molecule has 0 aromatic carbocycles. The summed E-state index contributed by atoms with van der Waals surface area (Å²) in [6.07, 6.45) is 10.9. The van der Waals surface area contributed by atoms with Gasteiger partial charge in [0.05, 0.1) is 0 Å². The van der Waals surface area contributed by atoms with Crippen molar-refractivity contribution in [3.8, 4) is 0 Å². The molecule has 1 aromatic rings. The van der Waals surface area contributed by atoms with Crippen LogP contribution in [-0.4, -0.2) is 47.0 Å². The van der Waals surface area contributed by atoms with E-state index in [1.807, 2.05) is 12.4 Å². The number of carbonyl (C=O) groups is 1. The van der Waals surface area contributed by atoms with E-state index < -0.39 is 0 Å². The molecule has 0 unspecified atom stereocenters. The number of amides is 1. The molecule has 27 heavy (non-hydrogen) atoms. The zero-order valence-corrected chi connectivity index (χ0v) is 16.9. The normalized spacial score (nSPS) is 25.7. The van der Waals surface area contributed by atoms with Gasteiger partial charge in [-0.3, -0.25) is 9.69 Å². The van der Waals surface area contributed by atoms with Gasteiger partial charge in [-0.25, -0.2) is 9.97 Å². The Hall–Kier alpha value is -1.24. The lowest BCUT2D eigenvalue weighted by Crippen LogP contribution is -2.42. The molecule has 3 aliphatic rings. The van der Waals surface area contributed by atoms with Crippen molar-refractivity contribution in [2.75, 3.05) is 20.2 Å². The predicted octanol–water partition coefficient (Wildman–Crippen LogP) is 2.56. The Kier molecular flexibility index (Phi) is 7.06.